The third kappa shape index (κ3) is 4.23. The summed E-state index contributed by atoms with van der Waals surface area (Å²) >= 11 is 0. The Labute approximate surface area is 167 Å². The number of aromatic nitrogens is 2. The van der Waals surface area contributed by atoms with E-state index in [4.69, 9.17) is 9.72 Å². The van der Waals surface area contributed by atoms with Gasteiger partial charge in [-0.05, 0) is 44.9 Å². The maximum Gasteiger partial charge on any atom is 0.227 e. The summed E-state index contributed by atoms with van der Waals surface area (Å²) in [6.45, 7) is 8.71. The van der Waals surface area contributed by atoms with Gasteiger partial charge in [0, 0.05) is 30.7 Å². The number of carbonyl (C=O) groups excluding carboxylic acids is 1. The molecule has 0 bridgehead atoms. The highest BCUT2D eigenvalue weighted by Crippen LogP contribution is 2.27. The summed E-state index contributed by atoms with van der Waals surface area (Å²) in [6, 6.07) is 6.48. The molecule has 0 atom stereocenters. The fourth-order valence-electron chi connectivity index (χ4n) is 4.48. The fourth-order valence-corrected chi connectivity index (χ4v) is 4.48. The van der Waals surface area contributed by atoms with Gasteiger partial charge in [0.2, 0.25) is 5.91 Å². The molecule has 1 aromatic carbocycles. The lowest BCUT2D eigenvalue weighted by Crippen LogP contribution is -2.36. The van der Waals surface area contributed by atoms with E-state index in [-0.39, 0.29) is 11.8 Å². The molecular weight excluding hydrogens is 352 g/mol. The van der Waals surface area contributed by atoms with E-state index in [0.717, 1.165) is 68.2 Å². The van der Waals surface area contributed by atoms with Crippen LogP contribution in [0.15, 0.2) is 18.2 Å². The second kappa shape index (κ2) is 8.62. The van der Waals surface area contributed by atoms with Crippen LogP contribution in [0.5, 0.6) is 0 Å². The Balaban J connectivity index is 1.55. The number of morpholine rings is 1. The lowest BCUT2D eigenvalue weighted by molar-refractivity contribution is -0.120. The smallest absolute Gasteiger partial charge is 0.227 e. The molecule has 1 amide bonds. The van der Waals surface area contributed by atoms with Crippen molar-refractivity contribution in [2.75, 3.05) is 31.6 Å². The number of fused-ring (bicyclic) bond motifs is 1. The summed E-state index contributed by atoms with van der Waals surface area (Å²) in [5.41, 5.74) is 2.95. The standard InChI is InChI=1S/C22H32N4O2/c1-16(2)26-20-9-8-18(23-22(27)17-6-4-3-5-7-17)14-19(20)24-21(26)15-25-10-12-28-13-11-25/h8-9,14,16-17H,3-7,10-13,15H2,1-2H3,(H,23,27). The zero-order valence-corrected chi connectivity index (χ0v) is 17.1. The topological polar surface area (TPSA) is 59.4 Å². The van der Waals surface area contributed by atoms with Gasteiger partial charge in [-0.3, -0.25) is 9.69 Å². The molecule has 1 N–H and O–H groups in total. The lowest BCUT2D eigenvalue weighted by atomic mass is 9.88. The van der Waals surface area contributed by atoms with Crippen molar-refractivity contribution in [1.82, 2.24) is 14.5 Å². The molecule has 0 unspecified atom stereocenters. The molecule has 0 spiro atoms. The van der Waals surface area contributed by atoms with Gasteiger partial charge in [0.05, 0.1) is 30.8 Å². The molecule has 6 nitrogen and oxygen atoms in total. The van der Waals surface area contributed by atoms with Gasteiger partial charge in [0.1, 0.15) is 5.82 Å². The molecule has 1 aliphatic heterocycles. The van der Waals surface area contributed by atoms with E-state index in [0.29, 0.717) is 6.04 Å². The highest BCUT2D eigenvalue weighted by Gasteiger charge is 2.22. The van der Waals surface area contributed by atoms with Crippen LogP contribution in [0.2, 0.25) is 0 Å². The van der Waals surface area contributed by atoms with Crippen LogP contribution in [-0.2, 0) is 16.1 Å². The first kappa shape index (κ1) is 19.4. The van der Waals surface area contributed by atoms with E-state index in [2.05, 4.69) is 34.7 Å². The maximum atomic E-state index is 12.6. The monoisotopic (exact) mass is 384 g/mol. The summed E-state index contributed by atoms with van der Waals surface area (Å²) in [5.74, 6) is 1.41. The fraction of sp³-hybridized carbons (Fsp3) is 0.636. The number of nitrogens with zero attached hydrogens (tertiary/aromatic N) is 3. The number of rotatable bonds is 5. The maximum absolute atomic E-state index is 12.6. The molecule has 4 rings (SSSR count). The zero-order valence-electron chi connectivity index (χ0n) is 17.1. The lowest BCUT2D eigenvalue weighted by Gasteiger charge is -2.27. The van der Waals surface area contributed by atoms with Crippen molar-refractivity contribution in [3.8, 4) is 0 Å². The van der Waals surface area contributed by atoms with E-state index in [1.54, 1.807) is 0 Å². The molecule has 152 valence electrons. The largest absolute Gasteiger partial charge is 0.379 e. The minimum Gasteiger partial charge on any atom is -0.379 e. The third-order valence-corrected chi connectivity index (χ3v) is 5.99. The Kier molecular flexibility index (Phi) is 5.97. The molecule has 2 aliphatic rings. The molecule has 0 radical (unpaired) electrons. The molecule has 2 heterocycles. The minimum absolute atomic E-state index is 0.162. The number of hydrogen-bond acceptors (Lipinski definition) is 4. The second-order valence-electron chi connectivity index (χ2n) is 8.41. The quantitative estimate of drug-likeness (QED) is 0.847. The minimum atomic E-state index is 0.162. The molecule has 6 heteroatoms. The van der Waals surface area contributed by atoms with Crippen LogP contribution in [-0.4, -0.2) is 46.7 Å². The van der Waals surface area contributed by atoms with Crippen LogP contribution in [0.3, 0.4) is 0 Å². The van der Waals surface area contributed by atoms with Gasteiger partial charge < -0.3 is 14.6 Å². The Bertz CT molecular complexity index is 817. The van der Waals surface area contributed by atoms with Crippen molar-refractivity contribution in [3.63, 3.8) is 0 Å². The molecule has 1 aromatic heterocycles. The molecule has 1 saturated carbocycles. The Morgan fingerprint density at radius 1 is 1.21 bits per heavy atom. The van der Waals surface area contributed by atoms with Gasteiger partial charge in [-0.2, -0.15) is 0 Å². The summed E-state index contributed by atoms with van der Waals surface area (Å²) in [5, 5.41) is 3.13. The van der Waals surface area contributed by atoms with E-state index < -0.39 is 0 Å². The second-order valence-corrected chi connectivity index (χ2v) is 8.41. The molecule has 28 heavy (non-hydrogen) atoms. The van der Waals surface area contributed by atoms with Gasteiger partial charge in [-0.1, -0.05) is 19.3 Å². The van der Waals surface area contributed by atoms with Crippen LogP contribution in [0, 0.1) is 5.92 Å². The van der Waals surface area contributed by atoms with Gasteiger partial charge in [-0.15, -0.1) is 0 Å². The molecule has 2 fully saturated rings. The summed E-state index contributed by atoms with van der Waals surface area (Å²) in [4.78, 5) is 19.9. The number of anilines is 1. The highest BCUT2D eigenvalue weighted by atomic mass is 16.5. The Morgan fingerprint density at radius 2 is 1.96 bits per heavy atom. The predicted octanol–water partition coefficient (Wildman–Crippen LogP) is 3.97. The van der Waals surface area contributed by atoms with Crippen LogP contribution in [0.1, 0.15) is 57.8 Å². The average Bonchev–Trinajstić information content (AvgIpc) is 3.06. The van der Waals surface area contributed by atoms with Crippen LogP contribution in [0.25, 0.3) is 11.0 Å². The number of ether oxygens (including phenoxy) is 1. The van der Waals surface area contributed by atoms with Gasteiger partial charge in [-0.25, -0.2) is 4.98 Å². The van der Waals surface area contributed by atoms with Gasteiger partial charge in [0.25, 0.3) is 0 Å². The number of benzene rings is 1. The van der Waals surface area contributed by atoms with E-state index in [1.807, 2.05) is 12.1 Å². The van der Waals surface area contributed by atoms with E-state index >= 15 is 0 Å². The van der Waals surface area contributed by atoms with Crippen LogP contribution < -0.4 is 5.32 Å². The van der Waals surface area contributed by atoms with Crippen molar-refractivity contribution in [3.05, 3.63) is 24.0 Å². The zero-order chi connectivity index (χ0) is 19.5. The summed E-state index contributed by atoms with van der Waals surface area (Å²) in [6.07, 6.45) is 5.62. The normalized spacial score (nSPS) is 19.4. The SMILES string of the molecule is CC(C)n1c(CN2CCOCC2)nc2cc(NC(=O)C3CCCCC3)ccc21. The highest BCUT2D eigenvalue weighted by molar-refractivity contribution is 5.94. The van der Waals surface area contributed by atoms with Crippen molar-refractivity contribution >= 4 is 22.6 Å². The van der Waals surface area contributed by atoms with E-state index in [1.165, 1.54) is 19.3 Å². The van der Waals surface area contributed by atoms with Crippen molar-refractivity contribution in [1.29, 1.82) is 0 Å². The number of imidazole rings is 1. The summed E-state index contributed by atoms with van der Waals surface area (Å²) < 4.78 is 7.78. The number of hydrogen-bond donors (Lipinski definition) is 1. The number of nitrogens with one attached hydrogen (secondary N) is 1. The molecule has 2 aromatic rings. The number of amides is 1. The average molecular weight is 385 g/mol. The summed E-state index contributed by atoms with van der Waals surface area (Å²) in [7, 11) is 0. The number of carbonyl (C=O) groups is 1. The van der Waals surface area contributed by atoms with Gasteiger partial charge >= 0.3 is 0 Å². The molecule has 1 aliphatic carbocycles. The van der Waals surface area contributed by atoms with Crippen molar-refractivity contribution < 1.29 is 9.53 Å². The first-order chi connectivity index (χ1) is 13.6. The van der Waals surface area contributed by atoms with Crippen molar-refractivity contribution in [2.45, 2.75) is 58.5 Å². The molecular formula is C22H32N4O2. The first-order valence-corrected chi connectivity index (χ1v) is 10.7. The van der Waals surface area contributed by atoms with Crippen molar-refractivity contribution in [2.24, 2.45) is 5.92 Å². The first-order valence-electron chi connectivity index (χ1n) is 10.7. The van der Waals surface area contributed by atoms with Crippen LogP contribution >= 0.6 is 0 Å². The van der Waals surface area contributed by atoms with E-state index in [9.17, 15) is 4.79 Å². The molecule has 1 saturated heterocycles. The van der Waals surface area contributed by atoms with Crippen LogP contribution in [0.4, 0.5) is 5.69 Å². The third-order valence-electron chi connectivity index (χ3n) is 5.99. The Morgan fingerprint density at radius 3 is 2.68 bits per heavy atom. The van der Waals surface area contributed by atoms with Gasteiger partial charge in [0.15, 0.2) is 0 Å². The Hall–Kier alpha value is -1.92. The predicted molar refractivity (Wildman–Crippen MR) is 111 cm³/mol.